The molecule has 1 aromatic heterocycles. The predicted molar refractivity (Wildman–Crippen MR) is 75.6 cm³/mol. The van der Waals surface area contributed by atoms with Gasteiger partial charge in [0, 0.05) is 17.8 Å². The van der Waals surface area contributed by atoms with Crippen LogP contribution in [0.25, 0.3) is 0 Å². The van der Waals surface area contributed by atoms with Crippen LogP contribution in [-0.4, -0.2) is 16.9 Å². The molecule has 0 aromatic carbocycles. The molecule has 0 radical (unpaired) electrons. The molecule has 1 heterocycles. The summed E-state index contributed by atoms with van der Waals surface area (Å²) in [4.78, 5) is 16.1. The molecule has 5 nitrogen and oxygen atoms in total. The fraction of sp³-hybridized carbons (Fsp3) is 0.571. The Labute approximate surface area is 114 Å². The van der Waals surface area contributed by atoms with E-state index < -0.39 is 0 Å². The molecule has 0 aliphatic heterocycles. The fourth-order valence-corrected chi connectivity index (χ4v) is 2.46. The standard InChI is InChI=1S/C14H22N4O/c1-14(2)6-3-11(4-7-14)17-13(19)10-5-8-16-12(9-10)18-15/h5,8-9,11H,3-4,6-7,15H2,1-2H3,(H,16,18)(H,17,19). The lowest BCUT2D eigenvalue weighted by Crippen LogP contribution is -2.39. The zero-order valence-electron chi connectivity index (χ0n) is 11.6. The quantitative estimate of drug-likeness (QED) is 0.575. The predicted octanol–water partition coefficient (Wildman–Crippen LogP) is 2.07. The zero-order chi connectivity index (χ0) is 13.9. The summed E-state index contributed by atoms with van der Waals surface area (Å²) in [5.74, 6) is 5.73. The monoisotopic (exact) mass is 262 g/mol. The summed E-state index contributed by atoms with van der Waals surface area (Å²) in [5.41, 5.74) is 3.45. The van der Waals surface area contributed by atoms with Gasteiger partial charge < -0.3 is 10.7 Å². The van der Waals surface area contributed by atoms with Crippen molar-refractivity contribution in [1.82, 2.24) is 10.3 Å². The van der Waals surface area contributed by atoms with Gasteiger partial charge in [-0.3, -0.25) is 4.79 Å². The van der Waals surface area contributed by atoms with Crippen molar-refractivity contribution in [1.29, 1.82) is 0 Å². The first-order valence-electron chi connectivity index (χ1n) is 6.74. The smallest absolute Gasteiger partial charge is 0.251 e. The third-order valence-corrected chi connectivity index (χ3v) is 3.84. The van der Waals surface area contributed by atoms with Crippen molar-refractivity contribution in [3.63, 3.8) is 0 Å². The van der Waals surface area contributed by atoms with Gasteiger partial charge in [-0.15, -0.1) is 0 Å². The number of anilines is 1. The van der Waals surface area contributed by atoms with Crippen LogP contribution in [0, 0.1) is 5.41 Å². The Morgan fingerprint density at radius 2 is 2.11 bits per heavy atom. The summed E-state index contributed by atoms with van der Waals surface area (Å²) in [6.07, 6.45) is 5.99. The lowest BCUT2D eigenvalue weighted by atomic mass is 9.75. The van der Waals surface area contributed by atoms with Crippen LogP contribution in [0.2, 0.25) is 0 Å². The number of carbonyl (C=O) groups is 1. The van der Waals surface area contributed by atoms with E-state index >= 15 is 0 Å². The molecule has 0 saturated heterocycles. The average molecular weight is 262 g/mol. The van der Waals surface area contributed by atoms with Crippen molar-refractivity contribution in [2.75, 3.05) is 5.43 Å². The summed E-state index contributed by atoms with van der Waals surface area (Å²) in [6, 6.07) is 3.63. The van der Waals surface area contributed by atoms with E-state index in [2.05, 4.69) is 29.6 Å². The van der Waals surface area contributed by atoms with Gasteiger partial charge in [-0.2, -0.15) is 0 Å². The van der Waals surface area contributed by atoms with Crippen LogP contribution in [0.15, 0.2) is 18.3 Å². The molecule has 19 heavy (non-hydrogen) atoms. The van der Waals surface area contributed by atoms with Gasteiger partial charge in [0.05, 0.1) is 0 Å². The molecule has 5 heteroatoms. The van der Waals surface area contributed by atoms with Gasteiger partial charge in [0.2, 0.25) is 0 Å². The highest BCUT2D eigenvalue weighted by atomic mass is 16.1. The first-order valence-corrected chi connectivity index (χ1v) is 6.74. The number of hydrogen-bond acceptors (Lipinski definition) is 4. The zero-order valence-corrected chi connectivity index (χ0v) is 11.6. The van der Waals surface area contributed by atoms with Crippen LogP contribution in [0.3, 0.4) is 0 Å². The molecule has 1 saturated carbocycles. The van der Waals surface area contributed by atoms with Crippen LogP contribution in [0.4, 0.5) is 5.82 Å². The number of carbonyl (C=O) groups excluding carboxylic acids is 1. The molecule has 0 spiro atoms. The van der Waals surface area contributed by atoms with Crippen LogP contribution in [0.1, 0.15) is 49.9 Å². The lowest BCUT2D eigenvalue weighted by Gasteiger charge is -2.34. The second-order valence-electron chi connectivity index (χ2n) is 5.99. The maximum atomic E-state index is 12.1. The number of nitrogens with zero attached hydrogens (tertiary/aromatic N) is 1. The number of nitrogens with two attached hydrogens (primary N) is 1. The number of hydrogen-bond donors (Lipinski definition) is 3. The van der Waals surface area contributed by atoms with E-state index in [0.29, 0.717) is 16.8 Å². The van der Waals surface area contributed by atoms with E-state index in [9.17, 15) is 4.79 Å². The molecule has 1 aromatic rings. The van der Waals surface area contributed by atoms with Crippen molar-refractivity contribution in [3.8, 4) is 0 Å². The maximum absolute atomic E-state index is 12.1. The number of amides is 1. The van der Waals surface area contributed by atoms with E-state index in [1.165, 1.54) is 0 Å². The van der Waals surface area contributed by atoms with E-state index in [-0.39, 0.29) is 11.9 Å². The highest BCUT2D eigenvalue weighted by Crippen LogP contribution is 2.35. The van der Waals surface area contributed by atoms with Crippen LogP contribution >= 0.6 is 0 Å². The third-order valence-electron chi connectivity index (χ3n) is 3.84. The molecule has 0 unspecified atom stereocenters. The Kier molecular flexibility index (Phi) is 4.04. The van der Waals surface area contributed by atoms with Gasteiger partial charge in [0.1, 0.15) is 5.82 Å². The molecule has 2 rings (SSSR count). The minimum Gasteiger partial charge on any atom is -0.349 e. The number of aromatic nitrogens is 1. The van der Waals surface area contributed by atoms with E-state index in [1.54, 1.807) is 18.3 Å². The molecule has 0 atom stereocenters. The molecular weight excluding hydrogens is 240 g/mol. The van der Waals surface area contributed by atoms with Crippen LogP contribution in [0.5, 0.6) is 0 Å². The molecule has 1 aliphatic rings. The Morgan fingerprint density at radius 1 is 1.42 bits per heavy atom. The highest BCUT2D eigenvalue weighted by Gasteiger charge is 2.27. The summed E-state index contributed by atoms with van der Waals surface area (Å²) >= 11 is 0. The van der Waals surface area contributed by atoms with Gasteiger partial charge >= 0.3 is 0 Å². The average Bonchev–Trinajstić information content (AvgIpc) is 2.41. The number of rotatable bonds is 3. The second kappa shape index (κ2) is 5.57. The van der Waals surface area contributed by atoms with Crippen molar-refractivity contribution in [2.24, 2.45) is 11.3 Å². The Morgan fingerprint density at radius 3 is 2.74 bits per heavy atom. The van der Waals surface area contributed by atoms with E-state index in [4.69, 9.17) is 5.84 Å². The minimum atomic E-state index is -0.0522. The van der Waals surface area contributed by atoms with Crippen molar-refractivity contribution in [2.45, 2.75) is 45.6 Å². The van der Waals surface area contributed by atoms with Crippen LogP contribution in [-0.2, 0) is 0 Å². The molecule has 0 bridgehead atoms. The first-order chi connectivity index (χ1) is 9.00. The summed E-state index contributed by atoms with van der Waals surface area (Å²) < 4.78 is 0. The molecule has 1 aliphatic carbocycles. The Hall–Kier alpha value is -1.62. The summed E-state index contributed by atoms with van der Waals surface area (Å²) in [6.45, 7) is 4.57. The fourth-order valence-electron chi connectivity index (χ4n) is 2.46. The Balaban J connectivity index is 1.94. The number of hydrazine groups is 1. The van der Waals surface area contributed by atoms with Gasteiger partial charge in [-0.25, -0.2) is 10.8 Å². The number of nitrogens with one attached hydrogen (secondary N) is 2. The van der Waals surface area contributed by atoms with Crippen molar-refractivity contribution >= 4 is 11.7 Å². The van der Waals surface area contributed by atoms with Gasteiger partial charge in [-0.1, -0.05) is 13.8 Å². The minimum absolute atomic E-state index is 0.0522. The highest BCUT2D eigenvalue weighted by molar-refractivity contribution is 5.94. The number of pyridine rings is 1. The van der Waals surface area contributed by atoms with Crippen LogP contribution < -0.4 is 16.6 Å². The van der Waals surface area contributed by atoms with E-state index in [0.717, 1.165) is 25.7 Å². The Bertz CT molecular complexity index is 449. The van der Waals surface area contributed by atoms with Gasteiger partial charge in [-0.05, 0) is 43.2 Å². The normalized spacial score (nSPS) is 18.9. The molecule has 4 N–H and O–H groups in total. The number of nitrogen functional groups attached to an aromatic ring is 1. The topological polar surface area (TPSA) is 80.0 Å². The molecule has 1 amide bonds. The second-order valence-corrected chi connectivity index (χ2v) is 5.99. The van der Waals surface area contributed by atoms with Crippen molar-refractivity contribution < 1.29 is 4.79 Å². The molecule has 1 fully saturated rings. The van der Waals surface area contributed by atoms with Gasteiger partial charge in [0.25, 0.3) is 5.91 Å². The van der Waals surface area contributed by atoms with Crippen molar-refractivity contribution in [3.05, 3.63) is 23.9 Å². The SMILES string of the molecule is CC1(C)CCC(NC(=O)c2ccnc(NN)c2)CC1. The third kappa shape index (κ3) is 3.67. The largest absolute Gasteiger partial charge is 0.349 e. The van der Waals surface area contributed by atoms with Gasteiger partial charge in [0.15, 0.2) is 0 Å². The summed E-state index contributed by atoms with van der Waals surface area (Å²) in [5, 5.41) is 3.09. The first kappa shape index (κ1) is 13.8. The molecule has 104 valence electrons. The summed E-state index contributed by atoms with van der Waals surface area (Å²) in [7, 11) is 0. The lowest BCUT2D eigenvalue weighted by molar-refractivity contribution is 0.0909. The maximum Gasteiger partial charge on any atom is 0.251 e. The van der Waals surface area contributed by atoms with E-state index in [1.807, 2.05) is 0 Å². The molecular formula is C14H22N4O.